The second kappa shape index (κ2) is 3.45. The van der Waals surface area contributed by atoms with Crippen molar-refractivity contribution in [2.45, 2.75) is 12.3 Å². The van der Waals surface area contributed by atoms with Crippen molar-refractivity contribution < 1.29 is 27.8 Å². The van der Waals surface area contributed by atoms with Gasteiger partial charge in [-0.05, 0) is 6.08 Å². The SMILES string of the molecule is COC1(F)CC(C(=O)O)=CC(F)=C1F. The standard InChI is InChI=1S/C8H7F3O3/c1-14-8(11)3-4(7(12)13)2-5(9)6(8)10/h2H,3H2,1H3,(H,12,13). The van der Waals surface area contributed by atoms with Crippen LogP contribution in [0, 0.1) is 0 Å². The van der Waals surface area contributed by atoms with Gasteiger partial charge in [-0.25, -0.2) is 18.0 Å². The van der Waals surface area contributed by atoms with E-state index in [4.69, 9.17) is 5.11 Å². The van der Waals surface area contributed by atoms with Gasteiger partial charge < -0.3 is 9.84 Å². The number of carboxylic acid groups (broad SMARTS) is 1. The summed E-state index contributed by atoms with van der Waals surface area (Å²) < 4.78 is 43.0. The van der Waals surface area contributed by atoms with Crippen molar-refractivity contribution in [3.63, 3.8) is 0 Å². The molecule has 0 radical (unpaired) electrons. The maximum absolute atomic E-state index is 13.4. The summed E-state index contributed by atoms with van der Waals surface area (Å²) in [5.41, 5.74) is -0.576. The summed E-state index contributed by atoms with van der Waals surface area (Å²) in [6.07, 6.45) is -0.410. The minimum absolute atomic E-state index is 0.439. The summed E-state index contributed by atoms with van der Waals surface area (Å²) in [5.74, 6) is -7.80. The molecular formula is C8H7F3O3. The van der Waals surface area contributed by atoms with Crippen molar-refractivity contribution >= 4 is 5.97 Å². The van der Waals surface area contributed by atoms with Crippen LogP contribution in [0.25, 0.3) is 0 Å². The summed E-state index contributed by atoms with van der Waals surface area (Å²) in [5, 5.41) is 8.47. The number of hydrogen-bond donors (Lipinski definition) is 1. The molecule has 3 nitrogen and oxygen atoms in total. The third-order valence-corrected chi connectivity index (χ3v) is 1.85. The number of rotatable bonds is 2. The van der Waals surface area contributed by atoms with Crippen molar-refractivity contribution in [1.82, 2.24) is 0 Å². The molecule has 1 aliphatic carbocycles. The lowest BCUT2D eigenvalue weighted by molar-refractivity contribution is -0.137. The molecule has 0 aromatic heterocycles. The third kappa shape index (κ3) is 1.65. The fourth-order valence-corrected chi connectivity index (χ4v) is 1.07. The normalized spacial score (nSPS) is 27.6. The first kappa shape index (κ1) is 10.8. The Bertz CT molecular complexity index is 335. The highest BCUT2D eigenvalue weighted by atomic mass is 19.2. The molecular weight excluding hydrogens is 201 g/mol. The van der Waals surface area contributed by atoms with Crippen LogP contribution in [0.4, 0.5) is 13.2 Å². The molecule has 0 aromatic rings. The molecule has 1 N–H and O–H groups in total. The van der Waals surface area contributed by atoms with Gasteiger partial charge >= 0.3 is 5.97 Å². The van der Waals surface area contributed by atoms with E-state index in [0.717, 1.165) is 7.11 Å². The Morgan fingerprint density at radius 3 is 2.64 bits per heavy atom. The Morgan fingerprint density at radius 1 is 1.64 bits per heavy atom. The van der Waals surface area contributed by atoms with E-state index >= 15 is 0 Å². The largest absolute Gasteiger partial charge is 0.478 e. The van der Waals surface area contributed by atoms with E-state index in [1.165, 1.54) is 0 Å². The molecule has 0 aliphatic heterocycles. The highest BCUT2D eigenvalue weighted by Crippen LogP contribution is 2.38. The van der Waals surface area contributed by atoms with E-state index in [0.29, 0.717) is 6.08 Å². The first-order chi connectivity index (χ1) is 6.40. The van der Waals surface area contributed by atoms with Crippen LogP contribution >= 0.6 is 0 Å². The lowest BCUT2D eigenvalue weighted by Crippen LogP contribution is -2.31. The van der Waals surface area contributed by atoms with Gasteiger partial charge in [0.2, 0.25) is 0 Å². The zero-order valence-electron chi connectivity index (χ0n) is 7.18. The number of alkyl halides is 1. The van der Waals surface area contributed by atoms with Gasteiger partial charge in [-0.1, -0.05) is 0 Å². The fourth-order valence-electron chi connectivity index (χ4n) is 1.07. The maximum atomic E-state index is 13.4. The molecule has 0 amide bonds. The molecule has 0 heterocycles. The highest BCUT2D eigenvalue weighted by Gasteiger charge is 2.43. The van der Waals surface area contributed by atoms with Gasteiger partial charge in [-0.2, -0.15) is 0 Å². The molecule has 0 saturated carbocycles. The van der Waals surface area contributed by atoms with Crippen molar-refractivity contribution in [1.29, 1.82) is 0 Å². The first-order valence-corrected chi connectivity index (χ1v) is 3.64. The second-order valence-electron chi connectivity index (χ2n) is 2.75. The van der Waals surface area contributed by atoms with E-state index in [9.17, 15) is 18.0 Å². The number of ether oxygens (including phenoxy) is 1. The topological polar surface area (TPSA) is 46.5 Å². The van der Waals surface area contributed by atoms with Gasteiger partial charge in [0.1, 0.15) is 0 Å². The van der Waals surface area contributed by atoms with E-state index in [-0.39, 0.29) is 0 Å². The molecule has 6 heteroatoms. The Morgan fingerprint density at radius 2 is 2.21 bits per heavy atom. The minimum Gasteiger partial charge on any atom is -0.478 e. The lowest BCUT2D eigenvalue weighted by Gasteiger charge is -2.24. The van der Waals surface area contributed by atoms with E-state index in [1.54, 1.807) is 0 Å². The van der Waals surface area contributed by atoms with Gasteiger partial charge in [-0.3, -0.25) is 0 Å². The molecule has 1 unspecified atom stereocenters. The number of allylic oxidation sites excluding steroid dienone is 2. The maximum Gasteiger partial charge on any atom is 0.331 e. The average Bonchev–Trinajstić information content (AvgIpc) is 2.13. The molecule has 1 rings (SSSR count). The van der Waals surface area contributed by atoms with Crippen LogP contribution < -0.4 is 0 Å². The molecule has 0 spiro atoms. The molecule has 0 fully saturated rings. The Labute approximate surface area is 77.5 Å². The van der Waals surface area contributed by atoms with Gasteiger partial charge in [0.25, 0.3) is 5.85 Å². The smallest absolute Gasteiger partial charge is 0.331 e. The van der Waals surface area contributed by atoms with Gasteiger partial charge in [-0.15, -0.1) is 0 Å². The van der Waals surface area contributed by atoms with Crippen molar-refractivity contribution in [3.05, 3.63) is 23.3 Å². The minimum atomic E-state index is -3.01. The number of carboxylic acids is 1. The van der Waals surface area contributed by atoms with Crippen LogP contribution in [0.3, 0.4) is 0 Å². The van der Waals surface area contributed by atoms with Gasteiger partial charge in [0, 0.05) is 19.1 Å². The molecule has 0 aromatic carbocycles. The second-order valence-corrected chi connectivity index (χ2v) is 2.75. The van der Waals surface area contributed by atoms with E-state index in [1.807, 2.05) is 0 Å². The van der Waals surface area contributed by atoms with Crippen molar-refractivity contribution in [2.24, 2.45) is 0 Å². The number of hydrogen-bond acceptors (Lipinski definition) is 2. The van der Waals surface area contributed by atoms with Crippen molar-refractivity contribution in [3.8, 4) is 0 Å². The first-order valence-electron chi connectivity index (χ1n) is 3.64. The molecule has 14 heavy (non-hydrogen) atoms. The van der Waals surface area contributed by atoms with Crippen LogP contribution in [0.5, 0.6) is 0 Å². The van der Waals surface area contributed by atoms with E-state index < -0.39 is 35.5 Å². The monoisotopic (exact) mass is 208 g/mol. The van der Waals surface area contributed by atoms with Crippen LogP contribution in [-0.4, -0.2) is 24.0 Å². The Kier molecular flexibility index (Phi) is 2.66. The Balaban J connectivity index is 3.14. The molecule has 0 bridgehead atoms. The summed E-state index contributed by atoms with van der Waals surface area (Å²) in [6.45, 7) is 0. The lowest BCUT2D eigenvalue weighted by atomic mass is 9.99. The quantitative estimate of drug-likeness (QED) is 0.753. The van der Waals surface area contributed by atoms with E-state index in [2.05, 4.69) is 4.74 Å². The zero-order valence-corrected chi connectivity index (χ0v) is 7.18. The van der Waals surface area contributed by atoms with Crippen LogP contribution in [-0.2, 0) is 9.53 Å². The predicted molar refractivity (Wildman–Crippen MR) is 40.4 cm³/mol. The summed E-state index contributed by atoms with van der Waals surface area (Å²) in [7, 11) is 0.831. The summed E-state index contributed by atoms with van der Waals surface area (Å²) in [6, 6.07) is 0. The highest BCUT2D eigenvalue weighted by molar-refractivity contribution is 5.87. The zero-order chi connectivity index (χ0) is 10.9. The summed E-state index contributed by atoms with van der Waals surface area (Å²) in [4.78, 5) is 10.4. The van der Waals surface area contributed by atoms with Gasteiger partial charge in [0.15, 0.2) is 11.7 Å². The molecule has 1 aliphatic rings. The summed E-state index contributed by atoms with van der Waals surface area (Å²) >= 11 is 0. The number of aliphatic carboxylic acids is 1. The fraction of sp³-hybridized carbons (Fsp3) is 0.375. The van der Waals surface area contributed by atoms with Crippen LogP contribution in [0.2, 0.25) is 0 Å². The molecule has 0 saturated heterocycles. The average molecular weight is 208 g/mol. The third-order valence-electron chi connectivity index (χ3n) is 1.85. The Hall–Kier alpha value is -1.30. The van der Waals surface area contributed by atoms with Crippen LogP contribution in [0.1, 0.15) is 6.42 Å². The van der Waals surface area contributed by atoms with Crippen LogP contribution in [0.15, 0.2) is 23.3 Å². The van der Waals surface area contributed by atoms with Gasteiger partial charge in [0.05, 0.1) is 0 Å². The van der Waals surface area contributed by atoms with Crippen molar-refractivity contribution in [2.75, 3.05) is 7.11 Å². The molecule has 78 valence electrons. The number of halogens is 3. The number of carbonyl (C=O) groups is 1. The predicted octanol–water partition coefficient (Wildman–Crippen LogP) is 1.86. The number of methoxy groups -OCH3 is 1. The molecule has 1 atom stereocenters.